The van der Waals surface area contributed by atoms with Crippen LogP contribution in [0.1, 0.15) is 24.1 Å². The third-order valence-electron chi connectivity index (χ3n) is 3.82. The molecule has 2 aromatic carbocycles. The Hall–Kier alpha value is -2.69. The summed E-state index contributed by atoms with van der Waals surface area (Å²) in [7, 11) is 4.81. The van der Waals surface area contributed by atoms with Crippen molar-refractivity contribution in [3.8, 4) is 17.2 Å². The van der Waals surface area contributed by atoms with Crippen molar-refractivity contribution in [2.45, 2.75) is 19.4 Å². The summed E-state index contributed by atoms with van der Waals surface area (Å²) in [5.74, 6) is 2.05. The third-order valence-corrected chi connectivity index (χ3v) is 3.82. The van der Waals surface area contributed by atoms with Crippen molar-refractivity contribution in [2.75, 3.05) is 21.3 Å². The van der Waals surface area contributed by atoms with Gasteiger partial charge in [-0.1, -0.05) is 18.2 Å². The fourth-order valence-corrected chi connectivity index (χ4v) is 2.57. The molecular formula is C19H23NO4. The quantitative estimate of drug-likeness (QED) is 0.848. The van der Waals surface area contributed by atoms with Crippen molar-refractivity contribution in [3.05, 3.63) is 53.6 Å². The molecule has 0 aromatic heterocycles. The SMILES string of the molecule is COc1ccc(OC)c([C@H](C)NC(=O)Cc2ccccc2OC)c1. The van der Waals surface area contributed by atoms with E-state index in [1.165, 1.54) is 0 Å². The molecule has 2 aromatic rings. The van der Waals surface area contributed by atoms with Crippen LogP contribution in [0.25, 0.3) is 0 Å². The van der Waals surface area contributed by atoms with Gasteiger partial charge in [0.15, 0.2) is 0 Å². The van der Waals surface area contributed by atoms with Gasteiger partial charge >= 0.3 is 0 Å². The predicted octanol–water partition coefficient (Wildman–Crippen LogP) is 3.13. The van der Waals surface area contributed by atoms with Gasteiger partial charge in [-0.3, -0.25) is 4.79 Å². The van der Waals surface area contributed by atoms with Crippen LogP contribution in [0.4, 0.5) is 0 Å². The molecule has 1 atom stereocenters. The summed E-state index contributed by atoms with van der Waals surface area (Å²) in [5, 5.41) is 2.99. The zero-order chi connectivity index (χ0) is 17.5. The first-order chi connectivity index (χ1) is 11.6. The van der Waals surface area contributed by atoms with Gasteiger partial charge in [-0.05, 0) is 31.2 Å². The smallest absolute Gasteiger partial charge is 0.225 e. The normalized spacial score (nSPS) is 11.5. The Balaban J connectivity index is 2.11. The predicted molar refractivity (Wildman–Crippen MR) is 92.8 cm³/mol. The van der Waals surface area contributed by atoms with Crippen molar-refractivity contribution >= 4 is 5.91 Å². The topological polar surface area (TPSA) is 56.8 Å². The highest BCUT2D eigenvalue weighted by Gasteiger charge is 2.16. The second-order valence-corrected chi connectivity index (χ2v) is 5.39. The van der Waals surface area contributed by atoms with Gasteiger partial charge in [0.25, 0.3) is 0 Å². The average molecular weight is 329 g/mol. The molecule has 1 amide bonds. The van der Waals surface area contributed by atoms with E-state index in [0.717, 1.165) is 16.9 Å². The van der Waals surface area contributed by atoms with E-state index >= 15 is 0 Å². The molecule has 0 saturated heterocycles. The van der Waals surface area contributed by atoms with Crippen LogP contribution in [-0.4, -0.2) is 27.2 Å². The second-order valence-electron chi connectivity index (χ2n) is 5.39. The monoisotopic (exact) mass is 329 g/mol. The first kappa shape index (κ1) is 17.7. The molecule has 0 radical (unpaired) electrons. The number of para-hydroxylation sites is 1. The number of rotatable bonds is 7. The Kier molecular flexibility index (Phi) is 6.07. The first-order valence-electron chi connectivity index (χ1n) is 7.72. The number of carbonyl (C=O) groups is 1. The Bertz CT molecular complexity index is 700. The van der Waals surface area contributed by atoms with Crippen molar-refractivity contribution in [1.82, 2.24) is 5.32 Å². The summed E-state index contributed by atoms with van der Waals surface area (Å²) in [6.07, 6.45) is 0.251. The molecular weight excluding hydrogens is 306 g/mol. The Morgan fingerprint density at radius 3 is 2.38 bits per heavy atom. The number of ether oxygens (including phenoxy) is 3. The molecule has 0 bridgehead atoms. The van der Waals surface area contributed by atoms with Gasteiger partial charge in [0.05, 0.1) is 33.8 Å². The molecule has 5 heteroatoms. The van der Waals surface area contributed by atoms with Crippen molar-refractivity contribution in [2.24, 2.45) is 0 Å². The van der Waals surface area contributed by atoms with E-state index in [1.54, 1.807) is 21.3 Å². The van der Waals surface area contributed by atoms with Crippen molar-refractivity contribution in [1.29, 1.82) is 0 Å². The Morgan fingerprint density at radius 1 is 1.00 bits per heavy atom. The third kappa shape index (κ3) is 4.19. The maximum Gasteiger partial charge on any atom is 0.225 e. The summed E-state index contributed by atoms with van der Waals surface area (Å²) in [5.41, 5.74) is 1.72. The van der Waals surface area contributed by atoms with E-state index in [9.17, 15) is 4.79 Å². The average Bonchev–Trinajstić information content (AvgIpc) is 2.61. The van der Waals surface area contributed by atoms with E-state index in [0.29, 0.717) is 11.5 Å². The number of methoxy groups -OCH3 is 3. The molecule has 0 fully saturated rings. The molecule has 1 N–H and O–H groups in total. The summed E-state index contributed by atoms with van der Waals surface area (Å²) < 4.78 is 15.9. The van der Waals surface area contributed by atoms with Crippen LogP contribution >= 0.6 is 0 Å². The second kappa shape index (κ2) is 8.24. The van der Waals surface area contributed by atoms with Crippen molar-refractivity contribution < 1.29 is 19.0 Å². The van der Waals surface area contributed by atoms with Crippen LogP contribution < -0.4 is 19.5 Å². The van der Waals surface area contributed by atoms with Gasteiger partial charge in [0.2, 0.25) is 5.91 Å². The highest BCUT2D eigenvalue weighted by Crippen LogP contribution is 2.29. The van der Waals surface area contributed by atoms with Crippen LogP contribution in [0.15, 0.2) is 42.5 Å². The number of hydrogen-bond donors (Lipinski definition) is 1. The lowest BCUT2D eigenvalue weighted by Crippen LogP contribution is -2.28. The molecule has 2 rings (SSSR count). The number of hydrogen-bond acceptors (Lipinski definition) is 4. The van der Waals surface area contributed by atoms with Gasteiger partial charge in [-0.15, -0.1) is 0 Å². The van der Waals surface area contributed by atoms with Crippen LogP contribution in [0.5, 0.6) is 17.2 Å². The van der Waals surface area contributed by atoms with Crippen LogP contribution in [0, 0.1) is 0 Å². The van der Waals surface area contributed by atoms with Crippen LogP contribution in [0.2, 0.25) is 0 Å². The summed E-state index contributed by atoms with van der Waals surface area (Å²) in [6.45, 7) is 1.91. The number of carbonyl (C=O) groups excluding carboxylic acids is 1. The van der Waals surface area contributed by atoms with E-state index in [1.807, 2.05) is 49.4 Å². The fourth-order valence-electron chi connectivity index (χ4n) is 2.57. The molecule has 0 unspecified atom stereocenters. The molecule has 128 valence electrons. The lowest BCUT2D eigenvalue weighted by Gasteiger charge is -2.18. The van der Waals surface area contributed by atoms with Crippen LogP contribution in [-0.2, 0) is 11.2 Å². The Morgan fingerprint density at radius 2 is 1.71 bits per heavy atom. The van der Waals surface area contributed by atoms with Gasteiger partial charge in [0, 0.05) is 11.1 Å². The molecule has 0 aliphatic rings. The lowest BCUT2D eigenvalue weighted by atomic mass is 10.1. The molecule has 0 heterocycles. The van der Waals surface area contributed by atoms with E-state index in [2.05, 4.69) is 5.32 Å². The highest BCUT2D eigenvalue weighted by atomic mass is 16.5. The zero-order valence-electron chi connectivity index (χ0n) is 14.5. The Labute approximate surface area is 142 Å². The minimum absolute atomic E-state index is 0.0862. The maximum atomic E-state index is 12.4. The molecule has 0 aliphatic carbocycles. The summed E-state index contributed by atoms with van der Waals surface area (Å²) in [6, 6.07) is 12.8. The number of benzene rings is 2. The van der Waals surface area contributed by atoms with E-state index in [-0.39, 0.29) is 18.4 Å². The van der Waals surface area contributed by atoms with Gasteiger partial charge in [-0.2, -0.15) is 0 Å². The molecule has 0 saturated carbocycles. The standard InChI is InChI=1S/C19H23NO4/c1-13(16-12-15(22-2)9-10-18(16)24-4)20-19(21)11-14-7-5-6-8-17(14)23-3/h5-10,12-13H,11H2,1-4H3,(H,20,21)/t13-/m0/s1. The molecule has 0 aliphatic heterocycles. The minimum Gasteiger partial charge on any atom is -0.497 e. The zero-order valence-corrected chi connectivity index (χ0v) is 14.5. The van der Waals surface area contributed by atoms with E-state index < -0.39 is 0 Å². The largest absolute Gasteiger partial charge is 0.497 e. The summed E-state index contributed by atoms with van der Waals surface area (Å²) >= 11 is 0. The first-order valence-corrected chi connectivity index (χ1v) is 7.72. The number of nitrogens with one attached hydrogen (secondary N) is 1. The molecule has 5 nitrogen and oxygen atoms in total. The maximum absolute atomic E-state index is 12.4. The van der Waals surface area contributed by atoms with E-state index in [4.69, 9.17) is 14.2 Å². The van der Waals surface area contributed by atoms with Gasteiger partial charge < -0.3 is 19.5 Å². The minimum atomic E-state index is -0.211. The number of amides is 1. The lowest BCUT2D eigenvalue weighted by molar-refractivity contribution is -0.121. The highest BCUT2D eigenvalue weighted by molar-refractivity contribution is 5.79. The van der Waals surface area contributed by atoms with Crippen molar-refractivity contribution in [3.63, 3.8) is 0 Å². The van der Waals surface area contributed by atoms with Crippen LogP contribution in [0.3, 0.4) is 0 Å². The molecule has 24 heavy (non-hydrogen) atoms. The fraction of sp³-hybridized carbons (Fsp3) is 0.316. The summed E-state index contributed by atoms with van der Waals surface area (Å²) in [4.78, 5) is 12.4. The van der Waals surface area contributed by atoms with Gasteiger partial charge in [-0.25, -0.2) is 0 Å². The molecule has 0 spiro atoms. The van der Waals surface area contributed by atoms with Gasteiger partial charge in [0.1, 0.15) is 17.2 Å².